The van der Waals surface area contributed by atoms with E-state index in [4.69, 9.17) is 19.8 Å². The average molecular weight is 822 g/mol. The van der Waals surface area contributed by atoms with Crippen LogP contribution in [0.2, 0.25) is 0 Å². The van der Waals surface area contributed by atoms with Crippen molar-refractivity contribution in [1.82, 2.24) is 4.90 Å². The maximum atomic E-state index is 11.9. The predicted octanol–water partition coefficient (Wildman–Crippen LogP) is 13.4. The zero-order valence-electron chi connectivity index (χ0n) is 38.6. The molecule has 0 atom stereocenters. The molecule has 1 aromatic carbocycles. The lowest BCUT2D eigenvalue weighted by Gasteiger charge is -2.23. The molecule has 0 aromatic heterocycles. The van der Waals surface area contributed by atoms with Crippen molar-refractivity contribution in [3.05, 3.63) is 20.4 Å². The van der Waals surface area contributed by atoms with Gasteiger partial charge in [-0.15, -0.1) is 0 Å². The van der Waals surface area contributed by atoms with Crippen LogP contribution < -0.4 is 21.5 Å². The number of carboxylic acid groups (broad SMARTS) is 2. The highest BCUT2D eigenvalue weighted by Gasteiger charge is 2.18. The average Bonchev–Trinajstić information content (AvgIpc) is 3.22. The van der Waals surface area contributed by atoms with E-state index in [-0.39, 0.29) is 23.8 Å². The van der Waals surface area contributed by atoms with Crippen LogP contribution in [0.25, 0.3) is 0 Å². The maximum Gasteiger partial charge on any atom is 0.290 e. The SMILES string of the molecule is CCCCCCCCCCCCCCN(CCCCCCCC(CCCCCCCC)CCCCCCCC)CCCCNc1c(NC)c(=O)c1=O.O=CO.O=CO. The van der Waals surface area contributed by atoms with Gasteiger partial charge in [-0.2, -0.15) is 0 Å². The van der Waals surface area contributed by atoms with Crippen LogP contribution in [0.4, 0.5) is 11.4 Å². The fraction of sp³-hybridized carbons (Fsp3) is 0.878. The Hall–Kier alpha value is -2.42. The monoisotopic (exact) mass is 822 g/mol. The second kappa shape index (κ2) is 47.3. The molecule has 0 aliphatic rings. The molecule has 1 aromatic rings. The van der Waals surface area contributed by atoms with Crippen LogP contribution in [0.1, 0.15) is 239 Å². The van der Waals surface area contributed by atoms with Crippen molar-refractivity contribution in [2.24, 2.45) is 5.92 Å². The lowest BCUT2D eigenvalue weighted by Crippen LogP contribution is -2.37. The Balaban J connectivity index is 0. The number of hydrogen-bond acceptors (Lipinski definition) is 7. The lowest BCUT2D eigenvalue weighted by atomic mass is 9.89. The first kappa shape index (κ1) is 57.7. The van der Waals surface area contributed by atoms with E-state index in [1.165, 1.54) is 219 Å². The minimum atomic E-state index is -0.389. The molecule has 0 radical (unpaired) electrons. The summed E-state index contributed by atoms with van der Waals surface area (Å²) in [5.74, 6) is 0.974. The summed E-state index contributed by atoms with van der Waals surface area (Å²) in [5, 5.41) is 19.9. The van der Waals surface area contributed by atoms with Gasteiger partial charge in [0, 0.05) is 13.6 Å². The molecule has 0 bridgehead atoms. The highest BCUT2D eigenvalue weighted by Crippen LogP contribution is 2.25. The van der Waals surface area contributed by atoms with Gasteiger partial charge in [-0.1, -0.05) is 213 Å². The molecule has 0 unspecified atom stereocenters. The number of nitrogens with zero attached hydrogens (tertiary/aromatic N) is 1. The Morgan fingerprint density at radius 1 is 0.448 bits per heavy atom. The normalized spacial score (nSPS) is 11.0. The van der Waals surface area contributed by atoms with Crippen molar-refractivity contribution in [3.8, 4) is 0 Å². The minimum Gasteiger partial charge on any atom is -0.483 e. The molecular formula is C49H95N3O6. The predicted molar refractivity (Wildman–Crippen MR) is 251 cm³/mol. The molecule has 0 aliphatic heterocycles. The van der Waals surface area contributed by atoms with Gasteiger partial charge in [-0.3, -0.25) is 19.2 Å². The van der Waals surface area contributed by atoms with Crippen LogP contribution in [0.3, 0.4) is 0 Å². The first-order valence-electron chi connectivity index (χ1n) is 24.5. The molecular weight excluding hydrogens is 727 g/mol. The molecule has 4 N–H and O–H groups in total. The minimum absolute atomic E-state index is 0.250. The van der Waals surface area contributed by atoms with Crippen molar-refractivity contribution >= 4 is 24.3 Å². The molecule has 0 aliphatic carbocycles. The van der Waals surface area contributed by atoms with Crippen LogP contribution in [-0.2, 0) is 9.59 Å². The highest BCUT2D eigenvalue weighted by atomic mass is 16.3. The van der Waals surface area contributed by atoms with Gasteiger partial charge in [0.1, 0.15) is 11.4 Å². The summed E-state index contributed by atoms with van der Waals surface area (Å²) in [5.41, 5.74) is 0.172. The summed E-state index contributed by atoms with van der Waals surface area (Å²) in [6.45, 7) is 10.8. The topological polar surface area (TPSA) is 136 Å². The molecule has 1 rings (SSSR count). The first-order chi connectivity index (χ1) is 28.4. The fourth-order valence-corrected chi connectivity index (χ4v) is 8.14. The Morgan fingerprint density at radius 3 is 1.05 bits per heavy atom. The van der Waals surface area contributed by atoms with E-state index in [2.05, 4.69) is 36.3 Å². The summed E-state index contributed by atoms with van der Waals surface area (Å²) in [6, 6.07) is 0. The number of nitrogens with one attached hydrogen (secondary N) is 2. The van der Waals surface area contributed by atoms with Gasteiger partial charge in [0.25, 0.3) is 23.8 Å². The molecule has 0 amide bonds. The highest BCUT2D eigenvalue weighted by molar-refractivity contribution is 5.73. The molecule has 342 valence electrons. The summed E-state index contributed by atoms with van der Waals surface area (Å²) < 4.78 is 0. The molecule has 9 nitrogen and oxygen atoms in total. The lowest BCUT2D eigenvalue weighted by molar-refractivity contribution is -0.123. The second-order valence-electron chi connectivity index (χ2n) is 16.8. The van der Waals surface area contributed by atoms with Gasteiger partial charge in [-0.05, 0) is 51.2 Å². The molecule has 0 saturated carbocycles. The standard InChI is InChI=1S/C47H91N3O2.2CH2O2/c1-5-8-11-14-17-18-19-20-21-22-27-33-40-50(42-35-32-39-49-45-44(48-4)46(51)47(45)52)41-34-28-23-26-31-38-43(36-29-24-15-12-9-6-2)37-30-25-16-13-10-7-3;2*2-1-3/h43,48-49H,5-42H2,1-4H3;2*1H,(H,2,3). The molecule has 0 saturated heterocycles. The van der Waals surface area contributed by atoms with Crippen molar-refractivity contribution in [3.63, 3.8) is 0 Å². The smallest absolute Gasteiger partial charge is 0.290 e. The van der Waals surface area contributed by atoms with E-state index < -0.39 is 0 Å². The summed E-state index contributed by atoms with van der Waals surface area (Å²) in [7, 11) is 1.71. The number of carbonyl (C=O) groups is 2. The summed E-state index contributed by atoms with van der Waals surface area (Å²) >= 11 is 0. The van der Waals surface area contributed by atoms with Gasteiger partial charge in [-0.25, -0.2) is 0 Å². The molecule has 0 heterocycles. The number of hydrogen-bond donors (Lipinski definition) is 4. The maximum absolute atomic E-state index is 11.9. The Labute approximate surface area is 357 Å². The van der Waals surface area contributed by atoms with Crippen molar-refractivity contribution in [2.75, 3.05) is 43.9 Å². The van der Waals surface area contributed by atoms with Crippen molar-refractivity contribution in [1.29, 1.82) is 0 Å². The van der Waals surface area contributed by atoms with E-state index in [9.17, 15) is 9.59 Å². The fourth-order valence-electron chi connectivity index (χ4n) is 8.14. The van der Waals surface area contributed by atoms with E-state index >= 15 is 0 Å². The van der Waals surface area contributed by atoms with Gasteiger partial charge in [0.15, 0.2) is 0 Å². The van der Waals surface area contributed by atoms with Gasteiger partial charge in [0.05, 0.1) is 0 Å². The second-order valence-corrected chi connectivity index (χ2v) is 16.8. The Bertz CT molecular complexity index is 1040. The van der Waals surface area contributed by atoms with Crippen molar-refractivity contribution < 1.29 is 19.8 Å². The van der Waals surface area contributed by atoms with Crippen LogP contribution in [-0.4, -0.2) is 61.3 Å². The van der Waals surface area contributed by atoms with E-state index in [1.807, 2.05) is 0 Å². The Morgan fingerprint density at radius 2 is 0.724 bits per heavy atom. The molecule has 0 fully saturated rings. The van der Waals surface area contributed by atoms with Gasteiger partial charge in [0.2, 0.25) is 0 Å². The third-order valence-electron chi connectivity index (χ3n) is 11.7. The molecule has 58 heavy (non-hydrogen) atoms. The van der Waals surface area contributed by atoms with Crippen LogP contribution in [0.15, 0.2) is 9.59 Å². The number of anilines is 2. The summed E-state index contributed by atoms with van der Waals surface area (Å²) in [6.07, 6.45) is 47.5. The van der Waals surface area contributed by atoms with Crippen LogP contribution >= 0.6 is 0 Å². The van der Waals surface area contributed by atoms with E-state index in [1.54, 1.807) is 7.05 Å². The molecule has 0 spiro atoms. The van der Waals surface area contributed by atoms with E-state index in [0.29, 0.717) is 11.4 Å². The zero-order chi connectivity index (χ0) is 43.2. The van der Waals surface area contributed by atoms with Gasteiger partial charge < -0.3 is 25.7 Å². The van der Waals surface area contributed by atoms with Gasteiger partial charge >= 0.3 is 0 Å². The van der Waals surface area contributed by atoms with Crippen LogP contribution in [0, 0.1) is 5.92 Å². The quantitative estimate of drug-likeness (QED) is 0.0289. The number of rotatable bonds is 42. The Kier molecular flexibility index (Phi) is 47.0. The zero-order valence-corrected chi connectivity index (χ0v) is 38.6. The number of unbranched alkanes of at least 4 members (excludes halogenated alkanes) is 26. The first-order valence-corrected chi connectivity index (χ1v) is 24.5. The van der Waals surface area contributed by atoms with Crippen LogP contribution in [0.5, 0.6) is 0 Å². The summed E-state index contributed by atoms with van der Waals surface area (Å²) in [4.78, 5) is 43.0. The third kappa shape index (κ3) is 36.6. The van der Waals surface area contributed by atoms with E-state index in [0.717, 1.165) is 31.8 Å². The third-order valence-corrected chi connectivity index (χ3v) is 11.7. The largest absolute Gasteiger partial charge is 0.483 e. The van der Waals surface area contributed by atoms with Crippen molar-refractivity contribution in [2.45, 2.75) is 239 Å². The molecule has 9 heteroatoms.